The first kappa shape index (κ1) is 24.6. The summed E-state index contributed by atoms with van der Waals surface area (Å²) in [6.07, 6.45) is 3.32. The molecule has 1 amide bonds. The number of carbonyl (C=O) groups excluding carboxylic acids is 1. The fourth-order valence-electron chi connectivity index (χ4n) is 4.28. The van der Waals surface area contributed by atoms with Crippen LogP contribution in [-0.2, 0) is 11.3 Å². The van der Waals surface area contributed by atoms with Crippen LogP contribution in [-0.4, -0.2) is 72.6 Å². The number of nitrogens with zero attached hydrogens (tertiary/aromatic N) is 6. The second kappa shape index (κ2) is 10.1. The number of nitrogens with one attached hydrogen (secondary N) is 2. The van der Waals surface area contributed by atoms with Crippen molar-refractivity contribution in [2.45, 2.75) is 39.8 Å². The molecule has 1 aliphatic rings. The van der Waals surface area contributed by atoms with Gasteiger partial charge in [-0.2, -0.15) is 0 Å². The number of carbonyl (C=O) groups is 1. The van der Waals surface area contributed by atoms with Gasteiger partial charge in [-0.05, 0) is 63.6 Å². The molecule has 0 saturated carbocycles. The Kier molecular flexibility index (Phi) is 6.75. The molecule has 0 unspecified atom stereocenters. The van der Waals surface area contributed by atoms with Gasteiger partial charge in [-0.25, -0.2) is 24.7 Å². The third-order valence-corrected chi connectivity index (χ3v) is 6.05. The van der Waals surface area contributed by atoms with Crippen LogP contribution in [0.15, 0.2) is 48.8 Å². The Bertz CT molecular complexity index is 1400. The second-order valence-electron chi connectivity index (χ2n) is 10.2. The summed E-state index contributed by atoms with van der Waals surface area (Å²) in [4.78, 5) is 37.6. The molecule has 1 fully saturated rings. The lowest BCUT2D eigenvalue weighted by molar-refractivity contribution is 0.0139. The monoisotopic (exact) mass is 500 g/mol. The lowest BCUT2D eigenvalue weighted by Gasteiger charge is -2.35. The fraction of sp³-hybridized carbons (Fsp3) is 0.370. The van der Waals surface area contributed by atoms with E-state index in [0.717, 1.165) is 59.1 Å². The van der Waals surface area contributed by atoms with Gasteiger partial charge in [0.15, 0.2) is 0 Å². The maximum Gasteiger partial charge on any atom is 0.410 e. The van der Waals surface area contributed by atoms with E-state index >= 15 is 0 Å². The number of aromatic amines is 1. The number of hydrogen-bond acceptors (Lipinski definition) is 8. The van der Waals surface area contributed by atoms with Gasteiger partial charge < -0.3 is 19.9 Å². The van der Waals surface area contributed by atoms with E-state index in [0.29, 0.717) is 19.0 Å². The fourth-order valence-corrected chi connectivity index (χ4v) is 4.28. The van der Waals surface area contributed by atoms with Crippen LogP contribution in [0, 0.1) is 6.92 Å². The molecule has 0 bridgehead atoms. The van der Waals surface area contributed by atoms with Gasteiger partial charge in [0, 0.05) is 50.7 Å². The lowest BCUT2D eigenvalue weighted by Crippen LogP contribution is -2.49. The third-order valence-electron chi connectivity index (χ3n) is 6.05. The summed E-state index contributed by atoms with van der Waals surface area (Å²) in [6.45, 7) is 11.2. The molecule has 0 aliphatic carbocycles. The van der Waals surface area contributed by atoms with E-state index in [1.165, 1.54) is 0 Å². The van der Waals surface area contributed by atoms with E-state index in [1.54, 1.807) is 17.3 Å². The van der Waals surface area contributed by atoms with Crippen LogP contribution in [0.2, 0.25) is 0 Å². The minimum Gasteiger partial charge on any atom is -0.444 e. The van der Waals surface area contributed by atoms with E-state index in [4.69, 9.17) is 4.74 Å². The first-order valence-corrected chi connectivity index (χ1v) is 12.4. The molecule has 5 rings (SSSR count). The first-order valence-electron chi connectivity index (χ1n) is 12.4. The number of amides is 1. The molecule has 1 aliphatic heterocycles. The zero-order chi connectivity index (χ0) is 26.0. The number of aromatic nitrogens is 5. The topological polar surface area (TPSA) is 112 Å². The maximum absolute atomic E-state index is 12.3. The van der Waals surface area contributed by atoms with Crippen LogP contribution in [0.3, 0.4) is 0 Å². The molecule has 0 atom stereocenters. The normalized spacial score (nSPS) is 14.6. The Hall–Kier alpha value is -4.05. The highest BCUT2D eigenvalue weighted by atomic mass is 16.6. The standard InChI is InChI=1S/C27H32N8O2/c1-18-28-10-8-21(30-18)20-5-6-22-23(16-20)32-25(31-22)33-24-15-19(7-9-29-24)17-34-11-13-35(14-12-34)26(36)37-27(2,3)4/h5-10,15-16H,11-14,17H2,1-4H3,(H2,29,31,32,33). The third kappa shape index (κ3) is 6.21. The molecule has 0 radical (unpaired) electrons. The quantitative estimate of drug-likeness (QED) is 0.411. The molecule has 1 aromatic carbocycles. The number of fused-ring (bicyclic) bond motifs is 1. The summed E-state index contributed by atoms with van der Waals surface area (Å²) in [7, 11) is 0. The van der Waals surface area contributed by atoms with E-state index < -0.39 is 5.60 Å². The molecule has 2 N–H and O–H groups in total. The second-order valence-corrected chi connectivity index (χ2v) is 10.2. The number of anilines is 2. The molecule has 37 heavy (non-hydrogen) atoms. The molecular weight excluding hydrogens is 468 g/mol. The van der Waals surface area contributed by atoms with Crippen molar-refractivity contribution in [2.75, 3.05) is 31.5 Å². The van der Waals surface area contributed by atoms with Gasteiger partial charge in [-0.3, -0.25) is 4.90 Å². The van der Waals surface area contributed by atoms with Crippen LogP contribution in [0.4, 0.5) is 16.6 Å². The summed E-state index contributed by atoms with van der Waals surface area (Å²) in [5, 5.41) is 3.29. The van der Waals surface area contributed by atoms with Crippen LogP contribution < -0.4 is 5.32 Å². The zero-order valence-electron chi connectivity index (χ0n) is 21.7. The van der Waals surface area contributed by atoms with Crippen molar-refractivity contribution in [3.05, 3.63) is 60.2 Å². The summed E-state index contributed by atoms with van der Waals surface area (Å²) in [5.41, 5.74) is 4.30. The van der Waals surface area contributed by atoms with Crippen molar-refractivity contribution in [3.8, 4) is 11.3 Å². The molecule has 1 saturated heterocycles. The Balaban J connectivity index is 1.21. The van der Waals surface area contributed by atoms with E-state index in [-0.39, 0.29) is 6.09 Å². The largest absolute Gasteiger partial charge is 0.444 e. The van der Waals surface area contributed by atoms with Crippen LogP contribution in [0.25, 0.3) is 22.3 Å². The Morgan fingerprint density at radius 3 is 2.57 bits per heavy atom. The highest BCUT2D eigenvalue weighted by Gasteiger charge is 2.25. The summed E-state index contributed by atoms with van der Waals surface area (Å²) in [5.74, 6) is 2.08. The van der Waals surface area contributed by atoms with Crippen LogP contribution in [0.5, 0.6) is 0 Å². The predicted molar refractivity (Wildman–Crippen MR) is 142 cm³/mol. The predicted octanol–water partition coefficient (Wildman–Crippen LogP) is 4.52. The molecule has 10 nitrogen and oxygen atoms in total. The number of pyridine rings is 1. The van der Waals surface area contributed by atoms with Crippen LogP contribution >= 0.6 is 0 Å². The number of rotatable bonds is 5. The van der Waals surface area contributed by atoms with Crippen molar-refractivity contribution < 1.29 is 9.53 Å². The maximum atomic E-state index is 12.3. The number of imidazole rings is 1. The minimum absolute atomic E-state index is 0.243. The summed E-state index contributed by atoms with van der Waals surface area (Å²) in [6, 6.07) is 12.0. The molecule has 4 heterocycles. The number of ether oxygens (including phenoxy) is 1. The Morgan fingerprint density at radius 2 is 1.81 bits per heavy atom. The average Bonchev–Trinajstić information content (AvgIpc) is 3.25. The number of benzene rings is 1. The van der Waals surface area contributed by atoms with Crippen LogP contribution in [0.1, 0.15) is 32.2 Å². The highest BCUT2D eigenvalue weighted by Crippen LogP contribution is 2.24. The molecule has 192 valence electrons. The number of aryl methyl sites for hydroxylation is 1. The van der Waals surface area contributed by atoms with E-state index in [9.17, 15) is 4.79 Å². The minimum atomic E-state index is -0.479. The summed E-state index contributed by atoms with van der Waals surface area (Å²) >= 11 is 0. The smallest absolute Gasteiger partial charge is 0.410 e. The van der Waals surface area contributed by atoms with Gasteiger partial charge in [0.1, 0.15) is 17.2 Å². The number of hydrogen-bond donors (Lipinski definition) is 2. The molecule has 3 aromatic heterocycles. The van der Waals surface area contributed by atoms with Crippen molar-refractivity contribution in [1.29, 1.82) is 0 Å². The first-order chi connectivity index (χ1) is 17.7. The van der Waals surface area contributed by atoms with Crippen molar-refractivity contribution in [1.82, 2.24) is 34.7 Å². The molecular formula is C27H32N8O2. The lowest BCUT2D eigenvalue weighted by atomic mass is 10.1. The van der Waals surface area contributed by atoms with Gasteiger partial charge in [-0.15, -0.1) is 0 Å². The Labute approximate surface area is 216 Å². The number of H-pyrrole nitrogens is 1. The molecule has 4 aromatic rings. The zero-order valence-corrected chi connectivity index (χ0v) is 21.7. The van der Waals surface area contributed by atoms with Gasteiger partial charge in [0.2, 0.25) is 5.95 Å². The van der Waals surface area contributed by atoms with Crippen molar-refractivity contribution in [2.24, 2.45) is 0 Å². The van der Waals surface area contributed by atoms with E-state index in [1.807, 2.05) is 64.1 Å². The van der Waals surface area contributed by atoms with Gasteiger partial charge in [0.05, 0.1) is 16.7 Å². The van der Waals surface area contributed by atoms with Crippen molar-refractivity contribution in [3.63, 3.8) is 0 Å². The van der Waals surface area contributed by atoms with Gasteiger partial charge >= 0.3 is 6.09 Å². The summed E-state index contributed by atoms with van der Waals surface area (Å²) < 4.78 is 5.50. The highest BCUT2D eigenvalue weighted by molar-refractivity contribution is 5.83. The molecule has 0 spiro atoms. The van der Waals surface area contributed by atoms with E-state index in [2.05, 4.69) is 35.1 Å². The Morgan fingerprint density at radius 1 is 1.03 bits per heavy atom. The SMILES string of the molecule is Cc1nccc(-c2ccc3nc(Nc4cc(CN5CCN(C(=O)OC(C)(C)C)CC5)ccn4)[nH]c3c2)n1. The van der Waals surface area contributed by atoms with Gasteiger partial charge in [0.25, 0.3) is 0 Å². The van der Waals surface area contributed by atoms with Gasteiger partial charge in [-0.1, -0.05) is 6.07 Å². The molecule has 10 heteroatoms. The average molecular weight is 501 g/mol. The van der Waals surface area contributed by atoms with Crippen molar-refractivity contribution >= 4 is 28.9 Å². The number of piperazine rings is 1.